The average Bonchev–Trinajstić information content (AvgIpc) is 2.94. The molecule has 1 atom stereocenters. The number of anilines is 1. The standard InChI is InChI=1S/C11H19N3O/c1-8-10(6-14(2)13-8)12-11(7-15-3)9-4-5-9/h6,9,11-12H,4-5,7H2,1-3H3. The maximum absolute atomic E-state index is 5.23. The van der Waals surface area contributed by atoms with Crippen molar-refractivity contribution in [2.45, 2.75) is 25.8 Å². The first-order valence-electron chi connectivity index (χ1n) is 5.46. The summed E-state index contributed by atoms with van der Waals surface area (Å²) in [5, 5.41) is 7.84. The van der Waals surface area contributed by atoms with E-state index in [0.717, 1.165) is 23.9 Å². The Morgan fingerprint density at radius 3 is 2.87 bits per heavy atom. The van der Waals surface area contributed by atoms with Gasteiger partial charge in [-0.15, -0.1) is 0 Å². The molecule has 4 heteroatoms. The second kappa shape index (κ2) is 4.23. The molecule has 1 aromatic heterocycles. The molecule has 1 fully saturated rings. The van der Waals surface area contributed by atoms with Crippen molar-refractivity contribution >= 4 is 5.69 Å². The van der Waals surface area contributed by atoms with E-state index in [1.807, 2.05) is 24.9 Å². The molecule has 1 aromatic rings. The van der Waals surface area contributed by atoms with Gasteiger partial charge in [0.1, 0.15) is 0 Å². The molecule has 1 aliphatic carbocycles. The molecule has 0 aromatic carbocycles. The number of hydrogen-bond acceptors (Lipinski definition) is 3. The summed E-state index contributed by atoms with van der Waals surface area (Å²) in [4.78, 5) is 0. The lowest BCUT2D eigenvalue weighted by Gasteiger charge is -2.17. The largest absolute Gasteiger partial charge is 0.383 e. The van der Waals surface area contributed by atoms with Gasteiger partial charge in [0.2, 0.25) is 0 Å². The van der Waals surface area contributed by atoms with E-state index in [0.29, 0.717) is 6.04 Å². The predicted molar refractivity (Wildman–Crippen MR) is 60.0 cm³/mol. The molecule has 4 nitrogen and oxygen atoms in total. The van der Waals surface area contributed by atoms with Gasteiger partial charge in [-0.1, -0.05) is 0 Å². The van der Waals surface area contributed by atoms with Crippen LogP contribution in [0, 0.1) is 12.8 Å². The average molecular weight is 209 g/mol. The smallest absolute Gasteiger partial charge is 0.0825 e. The number of ether oxygens (including phenoxy) is 1. The Bertz CT molecular complexity index is 331. The van der Waals surface area contributed by atoms with Gasteiger partial charge in [-0.2, -0.15) is 5.10 Å². The first-order valence-corrected chi connectivity index (χ1v) is 5.46. The Balaban J connectivity index is 2.01. The Morgan fingerprint density at radius 1 is 1.67 bits per heavy atom. The topological polar surface area (TPSA) is 39.1 Å². The van der Waals surface area contributed by atoms with Crippen molar-refractivity contribution in [1.29, 1.82) is 0 Å². The molecule has 1 heterocycles. The van der Waals surface area contributed by atoms with Gasteiger partial charge in [0.05, 0.1) is 24.0 Å². The van der Waals surface area contributed by atoms with Crippen molar-refractivity contribution in [3.63, 3.8) is 0 Å². The predicted octanol–water partition coefficient (Wildman–Crippen LogP) is 1.57. The quantitative estimate of drug-likeness (QED) is 0.800. The third-order valence-corrected chi connectivity index (χ3v) is 2.89. The number of aromatic nitrogens is 2. The SMILES string of the molecule is COCC(Nc1cn(C)nc1C)C1CC1. The van der Waals surface area contributed by atoms with E-state index in [1.165, 1.54) is 12.8 Å². The summed E-state index contributed by atoms with van der Waals surface area (Å²) in [5.41, 5.74) is 2.19. The lowest BCUT2D eigenvalue weighted by Crippen LogP contribution is -2.27. The van der Waals surface area contributed by atoms with E-state index in [-0.39, 0.29) is 0 Å². The minimum absolute atomic E-state index is 0.442. The number of nitrogens with one attached hydrogen (secondary N) is 1. The van der Waals surface area contributed by atoms with E-state index in [9.17, 15) is 0 Å². The molecule has 84 valence electrons. The molecule has 15 heavy (non-hydrogen) atoms. The highest BCUT2D eigenvalue weighted by molar-refractivity contribution is 5.46. The normalized spacial score (nSPS) is 17.8. The van der Waals surface area contributed by atoms with Crippen molar-refractivity contribution in [2.24, 2.45) is 13.0 Å². The maximum atomic E-state index is 5.23. The van der Waals surface area contributed by atoms with Crippen LogP contribution in [0.3, 0.4) is 0 Å². The monoisotopic (exact) mass is 209 g/mol. The summed E-state index contributed by atoms with van der Waals surface area (Å²) in [6.45, 7) is 2.80. The molecule has 0 amide bonds. The lowest BCUT2D eigenvalue weighted by molar-refractivity contribution is 0.179. The second-order valence-corrected chi connectivity index (χ2v) is 4.35. The highest BCUT2D eigenvalue weighted by Gasteiger charge is 2.31. The molecule has 1 N–H and O–H groups in total. The molecule has 0 aliphatic heterocycles. The van der Waals surface area contributed by atoms with Crippen LogP contribution >= 0.6 is 0 Å². The second-order valence-electron chi connectivity index (χ2n) is 4.35. The number of hydrogen-bond donors (Lipinski definition) is 1. The summed E-state index contributed by atoms with van der Waals surface area (Å²) in [6.07, 6.45) is 4.67. The van der Waals surface area contributed by atoms with Gasteiger partial charge in [-0.25, -0.2) is 0 Å². The van der Waals surface area contributed by atoms with Crippen molar-refractivity contribution in [3.05, 3.63) is 11.9 Å². The van der Waals surface area contributed by atoms with Gasteiger partial charge in [-0.05, 0) is 25.7 Å². The molecule has 0 spiro atoms. The minimum atomic E-state index is 0.442. The van der Waals surface area contributed by atoms with Gasteiger partial charge >= 0.3 is 0 Å². The fourth-order valence-corrected chi connectivity index (χ4v) is 1.91. The number of rotatable bonds is 5. The zero-order valence-corrected chi connectivity index (χ0v) is 9.66. The Labute approximate surface area is 90.6 Å². The Hall–Kier alpha value is -1.03. The molecule has 1 aliphatic rings. The first-order chi connectivity index (χ1) is 7.20. The zero-order valence-electron chi connectivity index (χ0n) is 9.66. The van der Waals surface area contributed by atoms with E-state index in [4.69, 9.17) is 4.74 Å². The van der Waals surface area contributed by atoms with Crippen LogP contribution in [0.1, 0.15) is 18.5 Å². The van der Waals surface area contributed by atoms with Crippen molar-refractivity contribution in [2.75, 3.05) is 19.0 Å². The fourth-order valence-electron chi connectivity index (χ4n) is 1.91. The number of aryl methyl sites for hydroxylation is 2. The molecule has 0 saturated heterocycles. The molecule has 2 rings (SSSR count). The van der Waals surface area contributed by atoms with Crippen LogP contribution < -0.4 is 5.32 Å². The molecule has 0 bridgehead atoms. The Kier molecular flexibility index (Phi) is 2.95. The van der Waals surface area contributed by atoms with Gasteiger partial charge in [0, 0.05) is 20.4 Å². The van der Waals surface area contributed by atoms with E-state index >= 15 is 0 Å². The van der Waals surface area contributed by atoms with Crippen LogP contribution in [-0.2, 0) is 11.8 Å². The zero-order chi connectivity index (χ0) is 10.8. The minimum Gasteiger partial charge on any atom is -0.383 e. The van der Waals surface area contributed by atoms with Crippen molar-refractivity contribution < 1.29 is 4.74 Å². The van der Waals surface area contributed by atoms with Gasteiger partial charge in [0.15, 0.2) is 0 Å². The third kappa shape index (κ3) is 2.50. The summed E-state index contributed by atoms with van der Waals surface area (Å²) in [7, 11) is 3.70. The molecule has 1 saturated carbocycles. The van der Waals surface area contributed by atoms with Crippen LogP contribution in [0.5, 0.6) is 0 Å². The van der Waals surface area contributed by atoms with Crippen LogP contribution in [0.2, 0.25) is 0 Å². The summed E-state index contributed by atoms with van der Waals surface area (Å²) in [6, 6.07) is 0.442. The van der Waals surface area contributed by atoms with E-state index in [1.54, 1.807) is 7.11 Å². The van der Waals surface area contributed by atoms with Gasteiger partial charge < -0.3 is 10.1 Å². The van der Waals surface area contributed by atoms with Gasteiger partial charge in [0.25, 0.3) is 0 Å². The first kappa shape index (κ1) is 10.5. The molecule has 0 radical (unpaired) electrons. The lowest BCUT2D eigenvalue weighted by atomic mass is 10.2. The van der Waals surface area contributed by atoms with Crippen LogP contribution in [0.4, 0.5) is 5.69 Å². The summed E-state index contributed by atoms with van der Waals surface area (Å²) >= 11 is 0. The third-order valence-electron chi connectivity index (χ3n) is 2.89. The van der Waals surface area contributed by atoms with Crippen LogP contribution in [-0.4, -0.2) is 29.5 Å². The molecular formula is C11H19N3O. The van der Waals surface area contributed by atoms with Crippen LogP contribution in [0.15, 0.2) is 6.20 Å². The fraction of sp³-hybridized carbons (Fsp3) is 0.727. The summed E-state index contributed by atoms with van der Waals surface area (Å²) in [5.74, 6) is 0.782. The highest BCUT2D eigenvalue weighted by atomic mass is 16.5. The van der Waals surface area contributed by atoms with Gasteiger partial charge in [-0.3, -0.25) is 4.68 Å². The van der Waals surface area contributed by atoms with Crippen LogP contribution in [0.25, 0.3) is 0 Å². The number of methoxy groups -OCH3 is 1. The Morgan fingerprint density at radius 2 is 2.40 bits per heavy atom. The molecular weight excluding hydrogens is 190 g/mol. The summed E-state index contributed by atoms with van der Waals surface area (Å²) < 4.78 is 7.08. The number of nitrogens with zero attached hydrogens (tertiary/aromatic N) is 2. The maximum Gasteiger partial charge on any atom is 0.0825 e. The van der Waals surface area contributed by atoms with E-state index in [2.05, 4.69) is 10.4 Å². The molecule has 1 unspecified atom stereocenters. The van der Waals surface area contributed by atoms with Crippen molar-refractivity contribution in [1.82, 2.24) is 9.78 Å². The van der Waals surface area contributed by atoms with E-state index < -0.39 is 0 Å². The highest BCUT2D eigenvalue weighted by Crippen LogP contribution is 2.34. The van der Waals surface area contributed by atoms with Crippen molar-refractivity contribution in [3.8, 4) is 0 Å².